The van der Waals surface area contributed by atoms with E-state index in [1.165, 1.54) is 0 Å². The predicted molar refractivity (Wildman–Crippen MR) is 73.1 cm³/mol. The second kappa shape index (κ2) is 5.87. The number of aryl methyl sites for hydroxylation is 1. The van der Waals surface area contributed by atoms with Gasteiger partial charge in [0.25, 0.3) is 0 Å². The molecule has 2 N–H and O–H groups in total. The summed E-state index contributed by atoms with van der Waals surface area (Å²) < 4.78 is 0. The average Bonchev–Trinajstić information content (AvgIpc) is 2.38. The molecule has 3 nitrogen and oxygen atoms in total. The van der Waals surface area contributed by atoms with Crippen LogP contribution < -0.4 is 10.9 Å². The lowest BCUT2D eigenvalue weighted by molar-refractivity contribution is -0.119. The van der Waals surface area contributed by atoms with Crippen LogP contribution in [0, 0.1) is 6.92 Å². The summed E-state index contributed by atoms with van der Waals surface area (Å²) in [7, 11) is 0. The lowest BCUT2D eigenvalue weighted by Gasteiger charge is -2.08. The van der Waals surface area contributed by atoms with Gasteiger partial charge in [0.15, 0.2) is 0 Å². The maximum Gasteiger partial charge on any atom is 0.242 e. The third-order valence-corrected chi connectivity index (χ3v) is 2.57. The molecule has 0 saturated carbocycles. The molecule has 2 rings (SSSR count). The molecule has 3 heteroatoms. The molecule has 0 aliphatic heterocycles. The Bertz CT molecular complexity index is 523. The summed E-state index contributed by atoms with van der Waals surface area (Å²) in [4.78, 5) is 11.7. The van der Waals surface area contributed by atoms with Crippen molar-refractivity contribution in [1.29, 1.82) is 0 Å². The van der Waals surface area contributed by atoms with Gasteiger partial charge in [-0.25, -0.2) is 0 Å². The summed E-state index contributed by atoms with van der Waals surface area (Å²) in [5.74, 6) is -0.0514. The highest BCUT2D eigenvalue weighted by molar-refractivity contribution is 5.79. The zero-order valence-corrected chi connectivity index (χ0v) is 10.3. The second-order valence-corrected chi connectivity index (χ2v) is 4.21. The van der Waals surface area contributed by atoms with Crippen LogP contribution in [0.1, 0.15) is 11.1 Å². The Morgan fingerprint density at radius 2 is 1.83 bits per heavy atom. The van der Waals surface area contributed by atoms with Crippen LogP contribution in [0.2, 0.25) is 0 Å². The lowest BCUT2D eigenvalue weighted by atomic mass is 10.1. The van der Waals surface area contributed by atoms with Crippen LogP contribution in [0.15, 0.2) is 54.6 Å². The number of carbonyl (C=O) groups is 1. The molecule has 0 aromatic heterocycles. The molecule has 0 heterocycles. The van der Waals surface area contributed by atoms with E-state index in [9.17, 15) is 4.79 Å². The largest absolute Gasteiger partial charge is 0.299 e. The number of anilines is 1. The summed E-state index contributed by atoms with van der Waals surface area (Å²) in [6.45, 7) is 2.02. The Morgan fingerprint density at radius 1 is 1.06 bits per heavy atom. The molecule has 2 aromatic carbocycles. The van der Waals surface area contributed by atoms with Gasteiger partial charge >= 0.3 is 0 Å². The fourth-order valence-corrected chi connectivity index (χ4v) is 1.72. The van der Waals surface area contributed by atoms with Crippen LogP contribution in [0.25, 0.3) is 0 Å². The van der Waals surface area contributed by atoms with Gasteiger partial charge < -0.3 is 0 Å². The summed E-state index contributed by atoms with van der Waals surface area (Å²) in [5, 5.41) is 0. The summed E-state index contributed by atoms with van der Waals surface area (Å²) in [6.07, 6.45) is 0.377. The molecular formula is C15H16N2O. The highest BCUT2D eigenvalue weighted by Crippen LogP contribution is 2.05. The van der Waals surface area contributed by atoms with Gasteiger partial charge in [-0.2, -0.15) is 0 Å². The minimum atomic E-state index is -0.0514. The maximum atomic E-state index is 11.7. The number of carbonyl (C=O) groups excluding carboxylic acids is 1. The van der Waals surface area contributed by atoms with Crippen molar-refractivity contribution in [2.75, 3.05) is 5.43 Å². The van der Waals surface area contributed by atoms with Gasteiger partial charge in [0.2, 0.25) is 5.91 Å². The van der Waals surface area contributed by atoms with Crippen LogP contribution >= 0.6 is 0 Å². The van der Waals surface area contributed by atoms with E-state index < -0.39 is 0 Å². The van der Waals surface area contributed by atoms with Crippen LogP contribution in [-0.4, -0.2) is 5.91 Å². The van der Waals surface area contributed by atoms with E-state index in [1.54, 1.807) is 0 Å². The topological polar surface area (TPSA) is 41.1 Å². The summed E-state index contributed by atoms with van der Waals surface area (Å²) >= 11 is 0. The minimum Gasteiger partial charge on any atom is -0.299 e. The number of benzene rings is 2. The third-order valence-electron chi connectivity index (χ3n) is 2.57. The van der Waals surface area contributed by atoms with Gasteiger partial charge in [-0.15, -0.1) is 0 Å². The number of hydrazine groups is 1. The van der Waals surface area contributed by atoms with E-state index >= 15 is 0 Å². The Kier molecular flexibility index (Phi) is 3.97. The Hall–Kier alpha value is -2.29. The van der Waals surface area contributed by atoms with E-state index in [0.29, 0.717) is 6.42 Å². The fraction of sp³-hybridized carbons (Fsp3) is 0.133. The number of rotatable bonds is 4. The SMILES string of the molecule is Cc1cccc(CC(=O)NNc2ccccc2)c1. The molecule has 0 spiro atoms. The quantitative estimate of drug-likeness (QED) is 0.807. The zero-order valence-electron chi connectivity index (χ0n) is 10.3. The first-order valence-corrected chi connectivity index (χ1v) is 5.89. The van der Waals surface area contributed by atoms with Crippen LogP contribution in [0.4, 0.5) is 5.69 Å². The van der Waals surface area contributed by atoms with Gasteiger partial charge in [0.1, 0.15) is 0 Å². The van der Waals surface area contributed by atoms with E-state index in [4.69, 9.17) is 0 Å². The van der Waals surface area contributed by atoms with Crippen LogP contribution in [0.5, 0.6) is 0 Å². The van der Waals surface area contributed by atoms with E-state index in [1.807, 2.05) is 61.5 Å². The van der Waals surface area contributed by atoms with Crippen molar-refractivity contribution in [3.63, 3.8) is 0 Å². The normalized spacial score (nSPS) is 9.83. The maximum absolute atomic E-state index is 11.7. The van der Waals surface area contributed by atoms with Gasteiger partial charge in [-0.05, 0) is 24.6 Å². The van der Waals surface area contributed by atoms with E-state index in [2.05, 4.69) is 10.9 Å². The molecule has 0 bridgehead atoms. The summed E-state index contributed by atoms with van der Waals surface area (Å²) in [6, 6.07) is 17.5. The number of hydrogen-bond acceptors (Lipinski definition) is 2. The standard InChI is InChI=1S/C15H16N2O/c1-12-6-5-7-13(10-12)11-15(18)17-16-14-8-3-2-4-9-14/h2-10,16H,11H2,1H3,(H,17,18). The molecule has 18 heavy (non-hydrogen) atoms. The number of para-hydroxylation sites is 1. The second-order valence-electron chi connectivity index (χ2n) is 4.21. The Balaban J connectivity index is 1.86. The van der Waals surface area contributed by atoms with Gasteiger partial charge in [0.05, 0.1) is 12.1 Å². The first-order chi connectivity index (χ1) is 8.74. The number of nitrogens with one attached hydrogen (secondary N) is 2. The smallest absolute Gasteiger partial charge is 0.242 e. The average molecular weight is 240 g/mol. The van der Waals surface area contributed by atoms with Gasteiger partial charge in [-0.3, -0.25) is 15.6 Å². The molecule has 1 amide bonds. The molecule has 0 atom stereocenters. The van der Waals surface area contributed by atoms with Crippen molar-refractivity contribution in [2.24, 2.45) is 0 Å². The van der Waals surface area contributed by atoms with Crippen molar-refractivity contribution in [3.8, 4) is 0 Å². The molecule has 0 unspecified atom stereocenters. The first-order valence-electron chi connectivity index (χ1n) is 5.89. The molecule has 2 aromatic rings. The number of hydrogen-bond donors (Lipinski definition) is 2. The predicted octanol–water partition coefficient (Wildman–Crippen LogP) is 2.68. The van der Waals surface area contributed by atoms with Crippen LogP contribution in [-0.2, 0) is 11.2 Å². The van der Waals surface area contributed by atoms with Gasteiger partial charge in [0, 0.05) is 0 Å². The molecule has 0 aliphatic carbocycles. The van der Waals surface area contributed by atoms with Crippen molar-refractivity contribution in [2.45, 2.75) is 13.3 Å². The fourth-order valence-electron chi connectivity index (χ4n) is 1.72. The van der Waals surface area contributed by atoms with E-state index in [-0.39, 0.29) is 5.91 Å². The highest BCUT2D eigenvalue weighted by Gasteiger charge is 2.02. The Morgan fingerprint density at radius 3 is 2.56 bits per heavy atom. The first kappa shape index (κ1) is 12.2. The van der Waals surface area contributed by atoms with Crippen LogP contribution in [0.3, 0.4) is 0 Å². The minimum absolute atomic E-state index is 0.0514. The monoisotopic (exact) mass is 240 g/mol. The lowest BCUT2D eigenvalue weighted by Crippen LogP contribution is -2.30. The third kappa shape index (κ3) is 3.63. The molecular weight excluding hydrogens is 224 g/mol. The van der Waals surface area contributed by atoms with Gasteiger partial charge in [-0.1, -0.05) is 48.0 Å². The Labute approximate surface area is 107 Å². The van der Waals surface area contributed by atoms with E-state index in [0.717, 1.165) is 16.8 Å². The highest BCUT2D eigenvalue weighted by atomic mass is 16.2. The molecule has 0 fully saturated rings. The number of amides is 1. The molecule has 0 saturated heterocycles. The molecule has 0 aliphatic rings. The van der Waals surface area contributed by atoms with Crippen molar-refractivity contribution >= 4 is 11.6 Å². The molecule has 0 radical (unpaired) electrons. The van der Waals surface area contributed by atoms with Crippen molar-refractivity contribution in [3.05, 3.63) is 65.7 Å². The van der Waals surface area contributed by atoms with Crippen molar-refractivity contribution < 1.29 is 4.79 Å². The summed E-state index contributed by atoms with van der Waals surface area (Å²) in [5.41, 5.74) is 8.61. The zero-order chi connectivity index (χ0) is 12.8. The molecule has 92 valence electrons. The van der Waals surface area contributed by atoms with Crippen molar-refractivity contribution in [1.82, 2.24) is 5.43 Å².